The lowest BCUT2D eigenvalue weighted by atomic mass is 9.88. The first-order chi connectivity index (χ1) is 9.65. The van der Waals surface area contributed by atoms with Gasteiger partial charge < -0.3 is 0 Å². The minimum atomic E-state index is 0.203. The van der Waals surface area contributed by atoms with Gasteiger partial charge in [0.15, 0.2) is 0 Å². The number of nitrogens with zero attached hydrogens (tertiary/aromatic N) is 4. The van der Waals surface area contributed by atoms with E-state index < -0.39 is 0 Å². The molecular formula is C16H34N4. The molecule has 0 radical (unpaired) electrons. The van der Waals surface area contributed by atoms with Crippen molar-refractivity contribution in [2.75, 3.05) is 40.3 Å². The van der Waals surface area contributed by atoms with Crippen molar-refractivity contribution < 1.29 is 0 Å². The van der Waals surface area contributed by atoms with Gasteiger partial charge in [0.05, 0.1) is 0 Å². The first-order valence-electron chi connectivity index (χ1n) is 8.63. The van der Waals surface area contributed by atoms with Crippen molar-refractivity contribution in [3.05, 3.63) is 0 Å². The van der Waals surface area contributed by atoms with Gasteiger partial charge in [-0.15, -0.1) is 0 Å². The molecule has 1 heterocycles. The molecular weight excluding hydrogens is 248 g/mol. The van der Waals surface area contributed by atoms with E-state index in [-0.39, 0.29) is 5.66 Å². The molecule has 1 saturated heterocycles. The lowest BCUT2D eigenvalue weighted by Crippen LogP contribution is -2.69. The van der Waals surface area contributed by atoms with Gasteiger partial charge in [-0.3, -0.25) is 4.90 Å². The molecule has 0 bridgehead atoms. The lowest BCUT2D eigenvalue weighted by Gasteiger charge is -2.56. The maximum Gasteiger partial charge on any atom is 0.102 e. The first-order valence-corrected chi connectivity index (χ1v) is 8.63. The molecule has 0 N–H and O–H groups in total. The molecule has 0 aromatic heterocycles. The molecule has 0 amide bonds. The fraction of sp³-hybridized carbons (Fsp3) is 1.00. The van der Waals surface area contributed by atoms with E-state index in [0.29, 0.717) is 0 Å². The van der Waals surface area contributed by atoms with Crippen LogP contribution in [-0.2, 0) is 0 Å². The van der Waals surface area contributed by atoms with E-state index in [9.17, 15) is 0 Å². The predicted molar refractivity (Wildman–Crippen MR) is 85.1 cm³/mol. The minimum absolute atomic E-state index is 0.203. The van der Waals surface area contributed by atoms with E-state index in [2.05, 4.69) is 48.0 Å². The van der Waals surface area contributed by atoms with Crippen LogP contribution in [0.15, 0.2) is 0 Å². The number of rotatable bonds is 6. The zero-order chi connectivity index (χ0) is 14.6. The Hall–Kier alpha value is -0.160. The second-order valence-electron chi connectivity index (χ2n) is 6.53. The van der Waals surface area contributed by atoms with Crippen molar-refractivity contribution in [2.24, 2.45) is 0 Å². The van der Waals surface area contributed by atoms with Crippen LogP contribution in [0.3, 0.4) is 0 Å². The first kappa shape index (κ1) is 16.2. The number of hydrogen-bond acceptors (Lipinski definition) is 4. The van der Waals surface area contributed by atoms with Crippen molar-refractivity contribution in [1.82, 2.24) is 20.0 Å². The third-order valence-electron chi connectivity index (χ3n) is 5.21. The molecule has 4 nitrogen and oxygen atoms in total. The summed E-state index contributed by atoms with van der Waals surface area (Å²) in [6.45, 7) is 9.24. The zero-order valence-corrected chi connectivity index (χ0v) is 14.1. The Labute approximate surface area is 125 Å². The molecule has 1 saturated carbocycles. The molecule has 2 rings (SSSR count). The maximum absolute atomic E-state index is 2.67. The molecule has 2 aliphatic rings. The molecule has 1 aliphatic carbocycles. The van der Waals surface area contributed by atoms with E-state index in [0.717, 1.165) is 13.1 Å². The highest BCUT2D eigenvalue weighted by Gasteiger charge is 2.45. The summed E-state index contributed by atoms with van der Waals surface area (Å²) in [7, 11) is 4.55. The van der Waals surface area contributed by atoms with Crippen molar-refractivity contribution in [3.63, 3.8) is 0 Å². The van der Waals surface area contributed by atoms with E-state index in [1.165, 1.54) is 58.0 Å². The van der Waals surface area contributed by atoms with Gasteiger partial charge in [-0.05, 0) is 39.8 Å². The van der Waals surface area contributed by atoms with Crippen LogP contribution in [0, 0.1) is 0 Å². The van der Waals surface area contributed by atoms with Crippen molar-refractivity contribution in [1.29, 1.82) is 0 Å². The van der Waals surface area contributed by atoms with E-state index >= 15 is 0 Å². The van der Waals surface area contributed by atoms with Gasteiger partial charge >= 0.3 is 0 Å². The van der Waals surface area contributed by atoms with E-state index in [4.69, 9.17) is 0 Å². The Kier molecular flexibility index (Phi) is 5.84. The fourth-order valence-electron chi connectivity index (χ4n) is 4.03. The fourth-order valence-corrected chi connectivity index (χ4v) is 4.03. The summed E-state index contributed by atoms with van der Waals surface area (Å²) >= 11 is 0. The Balaban J connectivity index is 2.30. The van der Waals surface area contributed by atoms with Gasteiger partial charge in [0.1, 0.15) is 5.66 Å². The average molecular weight is 282 g/mol. The molecule has 2 fully saturated rings. The molecule has 4 heteroatoms. The predicted octanol–water partition coefficient (Wildman–Crippen LogP) is 2.78. The maximum atomic E-state index is 2.67. The molecule has 20 heavy (non-hydrogen) atoms. The van der Waals surface area contributed by atoms with Gasteiger partial charge in [0, 0.05) is 26.2 Å². The average Bonchev–Trinajstić information content (AvgIpc) is 2.98. The van der Waals surface area contributed by atoms with Gasteiger partial charge in [-0.2, -0.15) is 5.12 Å². The largest absolute Gasteiger partial charge is 0.289 e. The Morgan fingerprint density at radius 3 is 1.85 bits per heavy atom. The highest BCUT2D eigenvalue weighted by molar-refractivity contribution is 4.90. The zero-order valence-electron chi connectivity index (χ0n) is 14.1. The van der Waals surface area contributed by atoms with Crippen LogP contribution in [0.5, 0.6) is 0 Å². The monoisotopic (exact) mass is 282 g/mol. The third kappa shape index (κ3) is 3.03. The van der Waals surface area contributed by atoms with Gasteiger partial charge in [-0.25, -0.2) is 10.0 Å². The smallest absolute Gasteiger partial charge is 0.102 e. The van der Waals surface area contributed by atoms with Gasteiger partial charge in [0.25, 0.3) is 0 Å². The van der Waals surface area contributed by atoms with Gasteiger partial charge in [-0.1, -0.05) is 33.1 Å². The Morgan fingerprint density at radius 2 is 1.40 bits per heavy atom. The highest BCUT2D eigenvalue weighted by Crippen LogP contribution is 2.38. The molecule has 0 spiro atoms. The van der Waals surface area contributed by atoms with Crippen molar-refractivity contribution in [3.8, 4) is 0 Å². The normalized spacial score (nSPS) is 24.1. The molecule has 0 aromatic rings. The lowest BCUT2D eigenvalue weighted by molar-refractivity contribution is -0.283. The molecule has 0 unspecified atom stereocenters. The van der Waals surface area contributed by atoms with E-state index in [1.54, 1.807) is 0 Å². The quantitative estimate of drug-likeness (QED) is 0.548. The summed E-state index contributed by atoms with van der Waals surface area (Å²) in [5.41, 5.74) is 0.203. The summed E-state index contributed by atoms with van der Waals surface area (Å²) in [5, 5.41) is 7.84. The molecule has 118 valence electrons. The summed E-state index contributed by atoms with van der Waals surface area (Å²) in [6, 6.07) is 0. The summed E-state index contributed by atoms with van der Waals surface area (Å²) < 4.78 is 0. The van der Waals surface area contributed by atoms with Crippen LogP contribution >= 0.6 is 0 Å². The number of hydrazine groups is 2. The van der Waals surface area contributed by atoms with Crippen LogP contribution in [0.2, 0.25) is 0 Å². The molecule has 0 aromatic carbocycles. The van der Waals surface area contributed by atoms with Crippen LogP contribution in [0.1, 0.15) is 58.8 Å². The third-order valence-corrected chi connectivity index (χ3v) is 5.21. The Bertz CT molecular complexity index is 274. The van der Waals surface area contributed by atoms with E-state index in [1.807, 2.05) is 0 Å². The highest BCUT2D eigenvalue weighted by atomic mass is 15.9. The second-order valence-corrected chi connectivity index (χ2v) is 6.53. The summed E-state index contributed by atoms with van der Waals surface area (Å²) in [6.07, 6.45) is 9.43. The number of hydrogen-bond donors (Lipinski definition) is 0. The minimum Gasteiger partial charge on any atom is -0.289 e. The van der Waals surface area contributed by atoms with Crippen molar-refractivity contribution in [2.45, 2.75) is 64.5 Å². The Morgan fingerprint density at radius 1 is 0.850 bits per heavy atom. The van der Waals surface area contributed by atoms with Crippen LogP contribution in [0.4, 0.5) is 0 Å². The standard InChI is InChI=1S/C16H34N4/c1-5-18(6-2)20(19-14-10-11-15-19)16(17(3)4)12-8-7-9-13-16/h5-15H2,1-4H3. The molecule has 0 atom stereocenters. The topological polar surface area (TPSA) is 13.0 Å². The van der Waals surface area contributed by atoms with Crippen LogP contribution in [0.25, 0.3) is 0 Å². The SMILES string of the molecule is CCN(CC)N(N1CCCC1)C1(N(C)C)CCCCC1. The molecule has 1 aliphatic heterocycles. The second kappa shape index (κ2) is 7.21. The van der Waals surface area contributed by atoms with Crippen molar-refractivity contribution >= 4 is 0 Å². The van der Waals surface area contributed by atoms with Gasteiger partial charge in [0.2, 0.25) is 0 Å². The van der Waals surface area contributed by atoms with Crippen LogP contribution < -0.4 is 0 Å². The summed E-state index contributed by atoms with van der Waals surface area (Å²) in [4.78, 5) is 2.49. The summed E-state index contributed by atoms with van der Waals surface area (Å²) in [5.74, 6) is 0. The van der Waals surface area contributed by atoms with Crippen LogP contribution in [-0.4, -0.2) is 66.0 Å².